The SMILES string of the molecule is Cl.Cl.O=C([C@H]1CCCCN1)N1CCN(c2ccccc2F)CC1. The molecule has 2 heterocycles. The Morgan fingerprint density at radius 3 is 2.39 bits per heavy atom. The average Bonchev–Trinajstić information content (AvgIpc) is 2.56. The highest BCUT2D eigenvalue weighted by Crippen LogP contribution is 2.20. The molecule has 2 saturated heterocycles. The highest BCUT2D eigenvalue weighted by atomic mass is 35.5. The van der Waals surface area contributed by atoms with Gasteiger partial charge in [0.25, 0.3) is 0 Å². The maximum absolute atomic E-state index is 13.8. The van der Waals surface area contributed by atoms with Crippen molar-refractivity contribution in [1.29, 1.82) is 0 Å². The van der Waals surface area contributed by atoms with Crippen LogP contribution in [0.2, 0.25) is 0 Å². The second-order valence-corrected chi connectivity index (χ2v) is 5.77. The topological polar surface area (TPSA) is 35.6 Å². The molecule has 0 spiro atoms. The average molecular weight is 364 g/mol. The molecule has 1 N–H and O–H groups in total. The van der Waals surface area contributed by atoms with Gasteiger partial charge in [0.2, 0.25) is 5.91 Å². The summed E-state index contributed by atoms with van der Waals surface area (Å²) in [7, 11) is 0. The molecule has 3 rings (SSSR count). The smallest absolute Gasteiger partial charge is 0.239 e. The summed E-state index contributed by atoms with van der Waals surface area (Å²) < 4.78 is 13.8. The Morgan fingerprint density at radius 1 is 1.09 bits per heavy atom. The van der Waals surface area contributed by atoms with Gasteiger partial charge in [0.05, 0.1) is 11.7 Å². The van der Waals surface area contributed by atoms with Crippen molar-refractivity contribution in [1.82, 2.24) is 10.2 Å². The zero-order chi connectivity index (χ0) is 14.7. The van der Waals surface area contributed by atoms with Crippen LogP contribution in [-0.4, -0.2) is 49.6 Å². The van der Waals surface area contributed by atoms with Gasteiger partial charge in [0, 0.05) is 26.2 Å². The largest absolute Gasteiger partial charge is 0.366 e. The maximum atomic E-state index is 13.8. The maximum Gasteiger partial charge on any atom is 0.239 e. The summed E-state index contributed by atoms with van der Waals surface area (Å²) in [5, 5.41) is 3.30. The van der Waals surface area contributed by atoms with Gasteiger partial charge in [-0.1, -0.05) is 18.6 Å². The van der Waals surface area contributed by atoms with Gasteiger partial charge in [0.1, 0.15) is 5.82 Å². The Morgan fingerprint density at radius 2 is 1.78 bits per heavy atom. The quantitative estimate of drug-likeness (QED) is 0.876. The second kappa shape index (κ2) is 9.30. The molecule has 7 heteroatoms. The van der Waals surface area contributed by atoms with Crippen molar-refractivity contribution in [3.63, 3.8) is 0 Å². The van der Waals surface area contributed by atoms with E-state index in [1.807, 2.05) is 15.9 Å². The van der Waals surface area contributed by atoms with E-state index < -0.39 is 0 Å². The molecule has 0 saturated carbocycles. The molecule has 1 aromatic rings. The van der Waals surface area contributed by atoms with E-state index in [4.69, 9.17) is 0 Å². The molecule has 1 aromatic carbocycles. The molecule has 1 atom stereocenters. The number of rotatable bonds is 2. The van der Waals surface area contributed by atoms with Crippen LogP contribution in [0.3, 0.4) is 0 Å². The first-order valence-electron chi connectivity index (χ1n) is 7.77. The van der Waals surface area contributed by atoms with Gasteiger partial charge in [-0.25, -0.2) is 4.39 Å². The molecular weight excluding hydrogens is 340 g/mol. The molecule has 2 aliphatic heterocycles. The summed E-state index contributed by atoms with van der Waals surface area (Å²) >= 11 is 0. The fraction of sp³-hybridized carbons (Fsp3) is 0.562. The van der Waals surface area contributed by atoms with E-state index in [9.17, 15) is 9.18 Å². The van der Waals surface area contributed by atoms with Crippen molar-refractivity contribution in [3.05, 3.63) is 30.1 Å². The Hall–Kier alpha value is -1.04. The molecule has 4 nitrogen and oxygen atoms in total. The number of para-hydroxylation sites is 1. The van der Waals surface area contributed by atoms with Crippen LogP contribution in [0.25, 0.3) is 0 Å². The van der Waals surface area contributed by atoms with Gasteiger partial charge in [0.15, 0.2) is 0 Å². The lowest BCUT2D eigenvalue weighted by Crippen LogP contribution is -2.55. The van der Waals surface area contributed by atoms with Crippen LogP contribution >= 0.6 is 24.8 Å². The lowest BCUT2D eigenvalue weighted by atomic mass is 10.0. The fourth-order valence-electron chi connectivity index (χ4n) is 3.16. The number of nitrogens with one attached hydrogen (secondary N) is 1. The van der Waals surface area contributed by atoms with Crippen molar-refractivity contribution in [2.24, 2.45) is 0 Å². The molecule has 23 heavy (non-hydrogen) atoms. The summed E-state index contributed by atoms with van der Waals surface area (Å²) in [4.78, 5) is 16.4. The molecule has 2 fully saturated rings. The Labute approximate surface area is 149 Å². The van der Waals surface area contributed by atoms with Crippen LogP contribution in [0.15, 0.2) is 24.3 Å². The number of anilines is 1. The van der Waals surface area contributed by atoms with Crippen molar-refractivity contribution in [3.8, 4) is 0 Å². The third-order valence-corrected chi connectivity index (χ3v) is 4.39. The van der Waals surface area contributed by atoms with Gasteiger partial charge in [-0.05, 0) is 31.5 Å². The zero-order valence-electron chi connectivity index (χ0n) is 13.0. The number of halogens is 3. The Kier molecular flexibility index (Phi) is 8.09. The molecule has 130 valence electrons. The minimum absolute atomic E-state index is 0. The number of carbonyl (C=O) groups is 1. The van der Waals surface area contributed by atoms with E-state index in [1.165, 1.54) is 6.07 Å². The monoisotopic (exact) mass is 363 g/mol. The van der Waals surface area contributed by atoms with Crippen LogP contribution in [-0.2, 0) is 4.79 Å². The van der Waals surface area contributed by atoms with E-state index in [0.29, 0.717) is 31.9 Å². The molecule has 2 aliphatic rings. The molecule has 0 radical (unpaired) electrons. The van der Waals surface area contributed by atoms with Gasteiger partial charge in [-0.2, -0.15) is 0 Å². The lowest BCUT2D eigenvalue weighted by molar-refractivity contribution is -0.134. The van der Waals surface area contributed by atoms with Crippen LogP contribution < -0.4 is 10.2 Å². The van der Waals surface area contributed by atoms with Crippen LogP contribution in [0.4, 0.5) is 10.1 Å². The van der Waals surface area contributed by atoms with Gasteiger partial charge < -0.3 is 15.1 Å². The molecule has 0 bridgehead atoms. The van der Waals surface area contributed by atoms with Crippen molar-refractivity contribution in [2.45, 2.75) is 25.3 Å². The number of hydrogen-bond donors (Lipinski definition) is 1. The van der Waals surface area contributed by atoms with Crippen molar-refractivity contribution < 1.29 is 9.18 Å². The predicted octanol–water partition coefficient (Wildman–Crippen LogP) is 2.46. The van der Waals surface area contributed by atoms with Crippen LogP contribution in [0.5, 0.6) is 0 Å². The fourth-order valence-corrected chi connectivity index (χ4v) is 3.16. The lowest BCUT2D eigenvalue weighted by Gasteiger charge is -2.38. The summed E-state index contributed by atoms with van der Waals surface area (Å²) in [5.74, 6) is 0.0223. The first kappa shape index (κ1) is 20.0. The number of benzene rings is 1. The van der Waals surface area contributed by atoms with Gasteiger partial charge in [-0.3, -0.25) is 4.79 Å². The number of hydrogen-bond acceptors (Lipinski definition) is 3. The molecule has 0 aliphatic carbocycles. The van der Waals surface area contributed by atoms with Crippen molar-refractivity contribution >= 4 is 36.4 Å². The van der Waals surface area contributed by atoms with E-state index in [0.717, 1.165) is 25.8 Å². The molecular formula is C16H24Cl2FN3O. The van der Waals surface area contributed by atoms with Gasteiger partial charge in [-0.15, -0.1) is 24.8 Å². The number of nitrogens with zero attached hydrogens (tertiary/aromatic N) is 2. The third-order valence-electron chi connectivity index (χ3n) is 4.39. The highest BCUT2D eigenvalue weighted by molar-refractivity contribution is 5.85. The molecule has 0 aromatic heterocycles. The molecule has 0 unspecified atom stereocenters. The predicted molar refractivity (Wildman–Crippen MR) is 95.3 cm³/mol. The standard InChI is InChI=1S/C16H22FN3O.2ClH/c17-13-5-1-2-7-15(13)19-9-11-20(12-10-19)16(21)14-6-3-4-8-18-14;;/h1-2,5,7,14,18H,3-4,6,8-12H2;2*1H/t14-;;/m1../s1. The second-order valence-electron chi connectivity index (χ2n) is 5.77. The van der Waals surface area contributed by atoms with Gasteiger partial charge >= 0.3 is 0 Å². The van der Waals surface area contributed by atoms with E-state index in [2.05, 4.69) is 5.32 Å². The molecule has 1 amide bonds. The summed E-state index contributed by atoms with van der Waals surface area (Å²) in [5.41, 5.74) is 0.639. The first-order chi connectivity index (χ1) is 10.3. The zero-order valence-corrected chi connectivity index (χ0v) is 14.7. The Balaban J connectivity index is 0.00000132. The first-order valence-corrected chi connectivity index (χ1v) is 7.77. The third kappa shape index (κ3) is 4.72. The minimum atomic E-state index is -0.189. The number of amides is 1. The van der Waals surface area contributed by atoms with E-state index in [-0.39, 0.29) is 42.6 Å². The minimum Gasteiger partial charge on any atom is -0.366 e. The van der Waals surface area contributed by atoms with Crippen molar-refractivity contribution in [2.75, 3.05) is 37.6 Å². The number of piperazine rings is 1. The summed E-state index contributed by atoms with van der Waals surface area (Å²) in [6.45, 7) is 3.67. The summed E-state index contributed by atoms with van der Waals surface area (Å²) in [6.07, 6.45) is 3.22. The summed E-state index contributed by atoms with van der Waals surface area (Å²) in [6, 6.07) is 6.82. The van der Waals surface area contributed by atoms with Crippen LogP contribution in [0.1, 0.15) is 19.3 Å². The Bertz CT molecular complexity index is 504. The number of piperidine rings is 1. The van der Waals surface area contributed by atoms with E-state index in [1.54, 1.807) is 12.1 Å². The van der Waals surface area contributed by atoms with E-state index >= 15 is 0 Å². The number of carbonyl (C=O) groups excluding carboxylic acids is 1. The van der Waals surface area contributed by atoms with Crippen LogP contribution in [0, 0.1) is 5.82 Å². The normalized spacial score (nSPS) is 21.2. The highest BCUT2D eigenvalue weighted by Gasteiger charge is 2.28.